The molecule has 3 N–H and O–H groups in total. The normalized spacial score (nSPS) is 11.2. The SMILES string of the molecule is CCNc1nc(NCC)nc(N/N=C(\CC)c2ccc(F)cc2)n1. The van der Waals surface area contributed by atoms with Gasteiger partial charge in [-0.2, -0.15) is 20.1 Å². The number of hydrogen-bond donors (Lipinski definition) is 3. The summed E-state index contributed by atoms with van der Waals surface area (Å²) < 4.78 is 13.0. The fourth-order valence-electron chi connectivity index (χ4n) is 2.01. The molecule has 7 nitrogen and oxygen atoms in total. The van der Waals surface area contributed by atoms with E-state index in [2.05, 4.69) is 36.1 Å². The van der Waals surface area contributed by atoms with Crippen molar-refractivity contribution >= 4 is 23.6 Å². The molecule has 2 rings (SSSR count). The van der Waals surface area contributed by atoms with Gasteiger partial charge in [0, 0.05) is 13.1 Å². The van der Waals surface area contributed by atoms with E-state index in [1.165, 1.54) is 12.1 Å². The topological polar surface area (TPSA) is 87.1 Å². The lowest BCUT2D eigenvalue weighted by molar-refractivity contribution is 0.627. The van der Waals surface area contributed by atoms with Crippen molar-refractivity contribution in [2.45, 2.75) is 27.2 Å². The second-order valence-corrected chi connectivity index (χ2v) is 4.90. The van der Waals surface area contributed by atoms with Gasteiger partial charge in [0.05, 0.1) is 5.71 Å². The van der Waals surface area contributed by atoms with Crippen LogP contribution < -0.4 is 16.1 Å². The number of halogens is 1. The second kappa shape index (κ2) is 8.76. The van der Waals surface area contributed by atoms with Crippen molar-refractivity contribution in [3.8, 4) is 0 Å². The van der Waals surface area contributed by atoms with Gasteiger partial charge >= 0.3 is 0 Å². The summed E-state index contributed by atoms with van der Waals surface area (Å²) in [5.74, 6) is 1.01. The van der Waals surface area contributed by atoms with E-state index in [1.54, 1.807) is 12.1 Å². The Bertz CT molecular complexity index is 661. The summed E-state index contributed by atoms with van der Waals surface area (Å²) in [6, 6.07) is 6.22. The third-order valence-electron chi connectivity index (χ3n) is 3.11. The van der Waals surface area contributed by atoms with Crippen LogP contribution >= 0.6 is 0 Å². The van der Waals surface area contributed by atoms with Crippen LogP contribution in [-0.2, 0) is 0 Å². The molecule has 0 aliphatic heterocycles. The first-order valence-corrected chi connectivity index (χ1v) is 7.98. The molecule has 8 heteroatoms. The molecule has 0 radical (unpaired) electrons. The molecule has 0 saturated carbocycles. The fourth-order valence-corrected chi connectivity index (χ4v) is 2.01. The lowest BCUT2D eigenvalue weighted by atomic mass is 10.1. The first kappa shape index (κ1) is 17.6. The third-order valence-corrected chi connectivity index (χ3v) is 3.11. The Hall–Kier alpha value is -2.77. The zero-order valence-electron chi connectivity index (χ0n) is 14.1. The highest BCUT2D eigenvalue weighted by molar-refractivity contribution is 6.00. The predicted octanol–water partition coefficient (Wildman–Crippen LogP) is 3.10. The summed E-state index contributed by atoms with van der Waals surface area (Å²) in [7, 11) is 0. The Morgan fingerprint density at radius 1 is 0.917 bits per heavy atom. The molecule has 2 aromatic rings. The summed E-state index contributed by atoms with van der Waals surface area (Å²) in [4.78, 5) is 12.8. The van der Waals surface area contributed by atoms with Gasteiger partial charge in [0.25, 0.3) is 0 Å². The molecule has 24 heavy (non-hydrogen) atoms. The maximum Gasteiger partial charge on any atom is 0.250 e. The van der Waals surface area contributed by atoms with Crippen molar-refractivity contribution in [1.29, 1.82) is 0 Å². The first-order valence-electron chi connectivity index (χ1n) is 7.98. The third kappa shape index (κ3) is 4.87. The average molecular weight is 331 g/mol. The van der Waals surface area contributed by atoms with Gasteiger partial charge in [0.1, 0.15) is 5.82 Å². The number of aromatic nitrogens is 3. The molecule has 0 aliphatic carbocycles. The number of benzene rings is 1. The van der Waals surface area contributed by atoms with E-state index in [1.807, 2.05) is 20.8 Å². The molecular weight excluding hydrogens is 309 g/mol. The van der Waals surface area contributed by atoms with Gasteiger partial charge in [0.2, 0.25) is 17.8 Å². The van der Waals surface area contributed by atoms with Gasteiger partial charge < -0.3 is 10.6 Å². The van der Waals surface area contributed by atoms with Crippen LogP contribution in [0.3, 0.4) is 0 Å². The van der Waals surface area contributed by atoms with E-state index >= 15 is 0 Å². The van der Waals surface area contributed by atoms with Crippen molar-refractivity contribution in [2.75, 3.05) is 29.1 Å². The highest BCUT2D eigenvalue weighted by Gasteiger charge is 2.06. The van der Waals surface area contributed by atoms with Crippen LogP contribution in [0.25, 0.3) is 0 Å². The van der Waals surface area contributed by atoms with Gasteiger partial charge in [0.15, 0.2) is 0 Å². The lowest BCUT2D eigenvalue weighted by Crippen LogP contribution is -2.11. The zero-order valence-corrected chi connectivity index (χ0v) is 14.1. The van der Waals surface area contributed by atoms with Crippen LogP contribution in [0.5, 0.6) is 0 Å². The molecule has 0 unspecified atom stereocenters. The minimum Gasteiger partial charge on any atom is -0.354 e. The minimum absolute atomic E-state index is 0.273. The van der Waals surface area contributed by atoms with Crippen LogP contribution in [0.15, 0.2) is 29.4 Å². The van der Waals surface area contributed by atoms with Crippen LogP contribution in [-0.4, -0.2) is 33.8 Å². The number of hydrogen-bond acceptors (Lipinski definition) is 7. The maximum absolute atomic E-state index is 13.0. The predicted molar refractivity (Wildman–Crippen MR) is 95.0 cm³/mol. The van der Waals surface area contributed by atoms with Crippen LogP contribution in [0.4, 0.5) is 22.2 Å². The van der Waals surface area contributed by atoms with Crippen molar-refractivity contribution in [3.05, 3.63) is 35.6 Å². The molecule has 0 saturated heterocycles. The Kier molecular flexibility index (Phi) is 6.41. The van der Waals surface area contributed by atoms with Crippen molar-refractivity contribution in [2.24, 2.45) is 5.10 Å². The molecule has 0 fully saturated rings. The highest BCUT2D eigenvalue weighted by atomic mass is 19.1. The molecule has 128 valence electrons. The van der Waals surface area contributed by atoms with E-state index in [4.69, 9.17) is 0 Å². The van der Waals surface area contributed by atoms with Crippen molar-refractivity contribution in [1.82, 2.24) is 15.0 Å². The molecule has 1 heterocycles. The molecule has 0 aliphatic rings. The summed E-state index contributed by atoms with van der Waals surface area (Å²) in [6.45, 7) is 7.31. The summed E-state index contributed by atoms with van der Waals surface area (Å²) in [5.41, 5.74) is 4.49. The summed E-state index contributed by atoms with van der Waals surface area (Å²) >= 11 is 0. The van der Waals surface area contributed by atoms with Crippen molar-refractivity contribution in [3.63, 3.8) is 0 Å². The van der Waals surface area contributed by atoms with E-state index in [0.29, 0.717) is 37.4 Å². The van der Waals surface area contributed by atoms with Crippen LogP contribution in [0.2, 0.25) is 0 Å². The first-order chi connectivity index (χ1) is 11.7. The number of nitrogens with one attached hydrogen (secondary N) is 3. The molecule has 0 amide bonds. The van der Waals surface area contributed by atoms with Crippen LogP contribution in [0.1, 0.15) is 32.8 Å². The summed E-state index contributed by atoms with van der Waals surface area (Å²) in [5, 5.41) is 10.5. The quantitative estimate of drug-likeness (QED) is 0.509. The molecule has 0 spiro atoms. The molecule has 1 aromatic carbocycles. The van der Waals surface area contributed by atoms with E-state index in [0.717, 1.165) is 11.3 Å². The zero-order chi connectivity index (χ0) is 17.4. The molecule has 1 aromatic heterocycles. The molecular formula is C16H22FN7. The summed E-state index contributed by atoms with van der Waals surface area (Å²) in [6.07, 6.45) is 0.684. The standard InChI is InChI=1S/C16H22FN7/c1-4-13(11-7-9-12(17)10-8-11)23-24-16-21-14(18-5-2)20-15(22-16)19-6-3/h7-10H,4-6H2,1-3H3,(H3,18,19,20,21,22,24)/b23-13+. The van der Waals surface area contributed by atoms with Gasteiger partial charge in [-0.3, -0.25) is 0 Å². The number of hydrazone groups is 1. The van der Waals surface area contributed by atoms with Gasteiger partial charge in [-0.05, 0) is 38.0 Å². The van der Waals surface area contributed by atoms with E-state index < -0.39 is 0 Å². The maximum atomic E-state index is 13.0. The second-order valence-electron chi connectivity index (χ2n) is 4.90. The minimum atomic E-state index is -0.273. The van der Waals surface area contributed by atoms with Crippen LogP contribution in [0, 0.1) is 5.82 Å². The van der Waals surface area contributed by atoms with Crippen molar-refractivity contribution < 1.29 is 4.39 Å². The van der Waals surface area contributed by atoms with Gasteiger partial charge in [-0.1, -0.05) is 19.1 Å². The molecule has 0 atom stereocenters. The number of rotatable bonds is 8. The smallest absolute Gasteiger partial charge is 0.250 e. The van der Waals surface area contributed by atoms with E-state index in [-0.39, 0.29) is 5.82 Å². The largest absolute Gasteiger partial charge is 0.354 e. The Morgan fingerprint density at radius 3 is 1.96 bits per heavy atom. The number of anilines is 3. The van der Waals surface area contributed by atoms with Gasteiger partial charge in [-0.15, -0.1) is 0 Å². The Morgan fingerprint density at radius 2 is 1.46 bits per heavy atom. The number of nitrogens with zero attached hydrogens (tertiary/aromatic N) is 4. The lowest BCUT2D eigenvalue weighted by Gasteiger charge is -2.09. The average Bonchev–Trinajstić information content (AvgIpc) is 2.57. The molecule has 0 bridgehead atoms. The van der Waals surface area contributed by atoms with E-state index in [9.17, 15) is 4.39 Å². The Balaban J connectivity index is 2.22. The van der Waals surface area contributed by atoms with Gasteiger partial charge in [-0.25, -0.2) is 9.82 Å². The Labute approximate surface area is 140 Å². The fraction of sp³-hybridized carbons (Fsp3) is 0.375. The monoisotopic (exact) mass is 331 g/mol. The highest BCUT2D eigenvalue weighted by Crippen LogP contribution is 2.11.